The first-order chi connectivity index (χ1) is 16.5. The van der Waals surface area contributed by atoms with E-state index < -0.39 is 18.1 Å². The highest BCUT2D eigenvalue weighted by molar-refractivity contribution is 5.87. The number of carbonyl (C=O) groups is 3. The largest absolute Gasteiger partial charge is 0.481 e. The van der Waals surface area contributed by atoms with Gasteiger partial charge in [-0.2, -0.15) is 0 Å². The van der Waals surface area contributed by atoms with E-state index in [1.54, 1.807) is 4.90 Å². The normalized spacial score (nSPS) is 25.5. The predicted molar refractivity (Wildman–Crippen MR) is 124 cm³/mol. The monoisotopic (exact) mass is 460 g/mol. The van der Waals surface area contributed by atoms with E-state index in [9.17, 15) is 19.5 Å². The van der Waals surface area contributed by atoms with Gasteiger partial charge in [0.15, 0.2) is 0 Å². The van der Waals surface area contributed by atoms with Crippen molar-refractivity contribution in [3.63, 3.8) is 0 Å². The number of likely N-dealkylation sites (tertiary alicyclic amines) is 1. The summed E-state index contributed by atoms with van der Waals surface area (Å²) in [6.07, 6.45) is 2.28. The number of fused-ring (bicyclic) bond motifs is 4. The number of alkyl carbamates (subject to hydrolysis) is 1. The van der Waals surface area contributed by atoms with E-state index in [1.165, 1.54) is 11.1 Å². The number of carboxylic acid groups (broad SMARTS) is 1. The number of carboxylic acids is 1. The highest BCUT2D eigenvalue weighted by Crippen LogP contribution is 2.52. The number of nitrogens with zero attached hydrogens (tertiary/aromatic N) is 1. The van der Waals surface area contributed by atoms with E-state index in [0.717, 1.165) is 30.4 Å². The molecule has 0 bridgehead atoms. The third-order valence-corrected chi connectivity index (χ3v) is 8.30. The molecule has 3 fully saturated rings. The number of piperidine rings is 1. The molecule has 2 aromatic carbocycles. The van der Waals surface area contributed by atoms with Gasteiger partial charge in [0.25, 0.3) is 0 Å². The molecule has 2 amide bonds. The highest BCUT2D eigenvalue weighted by atomic mass is 16.5. The van der Waals surface area contributed by atoms with Crippen LogP contribution in [-0.2, 0) is 14.3 Å². The fourth-order valence-electron chi connectivity index (χ4n) is 6.19. The number of hydrogen-bond donors (Lipinski definition) is 2. The number of benzene rings is 2. The molecule has 0 radical (unpaired) electrons. The molecule has 4 aliphatic rings. The maximum absolute atomic E-state index is 13.3. The lowest BCUT2D eigenvalue weighted by atomic mass is 9.79. The molecule has 0 aromatic heterocycles. The lowest BCUT2D eigenvalue weighted by molar-refractivity contribution is -0.141. The van der Waals surface area contributed by atoms with E-state index >= 15 is 0 Å². The van der Waals surface area contributed by atoms with Crippen molar-refractivity contribution in [2.24, 2.45) is 23.7 Å². The summed E-state index contributed by atoms with van der Waals surface area (Å²) in [5.41, 5.74) is 4.63. The van der Waals surface area contributed by atoms with Crippen molar-refractivity contribution in [1.82, 2.24) is 10.2 Å². The molecule has 1 saturated heterocycles. The molecule has 2 saturated carbocycles. The second-order valence-electron chi connectivity index (χ2n) is 10.1. The number of rotatable bonds is 6. The predicted octanol–water partition coefficient (Wildman–Crippen LogP) is 3.48. The molecule has 2 N–H and O–H groups in total. The molecular weight excluding hydrogens is 432 g/mol. The number of nitrogens with one attached hydrogen (secondary N) is 1. The number of amides is 2. The number of hydrogen-bond acceptors (Lipinski definition) is 4. The third-order valence-electron chi connectivity index (χ3n) is 8.30. The van der Waals surface area contributed by atoms with Gasteiger partial charge in [0.2, 0.25) is 5.91 Å². The van der Waals surface area contributed by atoms with Crippen molar-refractivity contribution < 1.29 is 24.2 Å². The summed E-state index contributed by atoms with van der Waals surface area (Å²) in [5, 5.41) is 12.1. The summed E-state index contributed by atoms with van der Waals surface area (Å²) >= 11 is 0. The van der Waals surface area contributed by atoms with Gasteiger partial charge in [0.05, 0.1) is 5.92 Å². The van der Waals surface area contributed by atoms with Crippen LogP contribution in [-0.4, -0.2) is 53.7 Å². The van der Waals surface area contributed by atoms with Crippen molar-refractivity contribution in [2.45, 2.75) is 31.2 Å². The van der Waals surface area contributed by atoms with Crippen LogP contribution in [0.25, 0.3) is 11.1 Å². The van der Waals surface area contributed by atoms with Gasteiger partial charge in [-0.1, -0.05) is 55.0 Å². The van der Waals surface area contributed by atoms with E-state index in [0.29, 0.717) is 13.1 Å². The van der Waals surface area contributed by atoms with Gasteiger partial charge in [-0.3, -0.25) is 9.59 Å². The lowest BCUT2D eigenvalue weighted by Crippen LogP contribution is -2.54. The minimum Gasteiger partial charge on any atom is -0.481 e. The minimum absolute atomic E-state index is 0.0327. The third kappa shape index (κ3) is 3.45. The molecule has 1 aliphatic heterocycles. The zero-order chi connectivity index (χ0) is 23.4. The van der Waals surface area contributed by atoms with E-state index in [4.69, 9.17) is 4.74 Å². The molecule has 34 heavy (non-hydrogen) atoms. The maximum Gasteiger partial charge on any atom is 0.407 e. The standard InChI is InChI=1S/C27H28N2O5/c30-25(29-12-20-21(13-29)23(20)26(31)32)24(15-6-5-7-15)28-27(33)34-14-22-18-10-3-1-8-16(18)17-9-2-4-11-19(17)22/h1-4,8-11,15,20-24H,5-7,12-14H2,(H,28,33)(H,31,32)/t20-,21+,23?,24?. The van der Waals surface area contributed by atoms with Crippen molar-refractivity contribution >= 4 is 18.0 Å². The molecule has 2 unspecified atom stereocenters. The fraction of sp³-hybridized carbons (Fsp3) is 0.444. The van der Waals surface area contributed by atoms with Crippen LogP contribution in [0.3, 0.4) is 0 Å². The molecule has 4 atom stereocenters. The topological polar surface area (TPSA) is 95.9 Å². The van der Waals surface area contributed by atoms with E-state index in [1.807, 2.05) is 24.3 Å². The molecular formula is C27H28N2O5. The quantitative estimate of drug-likeness (QED) is 0.688. The Morgan fingerprint density at radius 3 is 2.09 bits per heavy atom. The van der Waals surface area contributed by atoms with Crippen LogP contribution in [0.1, 0.15) is 36.3 Å². The minimum atomic E-state index is -0.769. The summed E-state index contributed by atoms with van der Waals surface area (Å²) in [6, 6.07) is 15.8. The summed E-state index contributed by atoms with van der Waals surface area (Å²) in [5.74, 6) is -1.00. The Labute approximate surface area is 198 Å². The molecule has 7 heteroatoms. The van der Waals surface area contributed by atoms with Crippen LogP contribution in [0, 0.1) is 23.7 Å². The second kappa shape index (κ2) is 8.15. The summed E-state index contributed by atoms with van der Waals surface area (Å²) in [7, 11) is 0. The molecule has 3 aliphatic carbocycles. The lowest BCUT2D eigenvalue weighted by Gasteiger charge is -2.35. The number of carbonyl (C=O) groups excluding carboxylic acids is 2. The average molecular weight is 461 g/mol. The van der Waals surface area contributed by atoms with Crippen LogP contribution >= 0.6 is 0 Å². The molecule has 2 aromatic rings. The Bertz CT molecular complexity index is 1100. The summed E-state index contributed by atoms with van der Waals surface area (Å²) in [6.45, 7) is 1.14. The van der Waals surface area contributed by atoms with Gasteiger partial charge in [0.1, 0.15) is 12.6 Å². The van der Waals surface area contributed by atoms with Crippen LogP contribution < -0.4 is 5.32 Å². The van der Waals surface area contributed by atoms with Crippen LogP contribution in [0.4, 0.5) is 4.79 Å². The maximum atomic E-state index is 13.3. The summed E-state index contributed by atoms with van der Waals surface area (Å²) < 4.78 is 5.68. The SMILES string of the molecule is O=C(NC(C(=O)N1C[C@@H]2C(C(=O)O)[C@@H]2C1)C1CCC1)OCC1c2ccccc2-c2ccccc21. The van der Waals surface area contributed by atoms with Crippen molar-refractivity contribution in [3.05, 3.63) is 59.7 Å². The van der Waals surface area contributed by atoms with Crippen LogP contribution in [0.2, 0.25) is 0 Å². The Hall–Kier alpha value is -3.35. The molecule has 6 rings (SSSR count). The molecule has 7 nitrogen and oxygen atoms in total. The summed E-state index contributed by atoms with van der Waals surface area (Å²) in [4.78, 5) is 39.1. The van der Waals surface area contributed by atoms with Gasteiger partial charge < -0.3 is 20.1 Å². The first kappa shape index (κ1) is 21.2. The Kier molecular flexibility index (Phi) is 5.08. The van der Waals surface area contributed by atoms with E-state index in [-0.39, 0.29) is 42.1 Å². The van der Waals surface area contributed by atoms with Crippen molar-refractivity contribution in [3.8, 4) is 11.1 Å². The Morgan fingerprint density at radius 2 is 1.56 bits per heavy atom. The van der Waals surface area contributed by atoms with Crippen LogP contribution in [0.15, 0.2) is 48.5 Å². The molecule has 176 valence electrons. The zero-order valence-electron chi connectivity index (χ0n) is 18.9. The second-order valence-corrected chi connectivity index (χ2v) is 10.1. The van der Waals surface area contributed by atoms with Gasteiger partial charge in [-0.05, 0) is 52.8 Å². The Balaban J connectivity index is 1.11. The Morgan fingerprint density at radius 1 is 0.971 bits per heavy atom. The number of ether oxygens (including phenoxy) is 1. The average Bonchev–Trinajstić information content (AvgIpc) is 3.16. The fourth-order valence-corrected chi connectivity index (χ4v) is 6.19. The molecule has 1 heterocycles. The molecule has 0 spiro atoms. The zero-order valence-corrected chi connectivity index (χ0v) is 18.9. The van der Waals surface area contributed by atoms with Gasteiger partial charge in [0, 0.05) is 19.0 Å². The van der Waals surface area contributed by atoms with Crippen LogP contribution in [0.5, 0.6) is 0 Å². The smallest absolute Gasteiger partial charge is 0.407 e. The van der Waals surface area contributed by atoms with Gasteiger partial charge >= 0.3 is 12.1 Å². The van der Waals surface area contributed by atoms with Gasteiger partial charge in [-0.15, -0.1) is 0 Å². The number of aliphatic carboxylic acids is 1. The van der Waals surface area contributed by atoms with Crippen molar-refractivity contribution in [2.75, 3.05) is 19.7 Å². The van der Waals surface area contributed by atoms with E-state index in [2.05, 4.69) is 29.6 Å². The first-order valence-electron chi connectivity index (χ1n) is 12.2. The van der Waals surface area contributed by atoms with Gasteiger partial charge in [-0.25, -0.2) is 4.79 Å². The van der Waals surface area contributed by atoms with Crippen molar-refractivity contribution in [1.29, 1.82) is 0 Å². The highest BCUT2D eigenvalue weighted by Gasteiger charge is 2.61. The first-order valence-corrected chi connectivity index (χ1v) is 12.2.